The molecule has 0 aliphatic carbocycles. The van der Waals surface area contributed by atoms with E-state index in [-0.39, 0.29) is 0 Å². The van der Waals surface area contributed by atoms with E-state index in [1.165, 1.54) is 26.2 Å². The Bertz CT molecular complexity index is 115. The van der Waals surface area contributed by atoms with Crippen LogP contribution in [0.3, 0.4) is 0 Å². The van der Waals surface area contributed by atoms with Gasteiger partial charge in [0.15, 0.2) is 0 Å². The lowest BCUT2D eigenvalue weighted by molar-refractivity contribution is 0.487. The topological polar surface area (TPSA) is 23.8 Å². The van der Waals surface area contributed by atoms with Gasteiger partial charge >= 0.3 is 0 Å². The molecule has 12 heavy (non-hydrogen) atoms. The molecular weight excluding hydrogens is 166 g/mol. The summed E-state index contributed by atoms with van der Waals surface area (Å²) in [4.78, 5) is 0. The molecule has 0 spiro atoms. The average molecular weight is 187 g/mol. The molecule has 0 aliphatic rings. The van der Waals surface area contributed by atoms with Crippen LogP contribution < -0.4 is 0 Å². The maximum absolute atomic E-state index is 7.32. The number of hydrogen-bond donors (Lipinski definition) is 1. The number of nitrogens with zero attached hydrogens (tertiary/aromatic N) is 1. The molecule has 0 N–H and O–H groups in total. The van der Waals surface area contributed by atoms with Crippen LogP contribution >= 0.6 is 12.6 Å². The van der Waals surface area contributed by atoms with E-state index in [0.717, 1.165) is 5.92 Å². The van der Waals surface area contributed by atoms with Crippen LogP contribution in [0, 0.1) is 17.2 Å². The van der Waals surface area contributed by atoms with E-state index in [0.29, 0.717) is 5.25 Å². The number of hydrogen-bond acceptors (Lipinski definition) is 2. The van der Waals surface area contributed by atoms with Crippen molar-refractivity contribution in [2.75, 3.05) is 0 Å². The van der Waals surface area contributed by atoms with Crippen LogP contribution in [0.25, 0.3) is 0 Å². The SMILES string of the molecule is CC#N.CCCC(C)CC(C)S. The van der Waals surface area contributed by atoms with Crippen molar-refractivity contribution < 1.29 is 0 Å². The van der Waals surface area contributed by atoms with Crippen LogP contribution in [0.4, 0.5) is 0 Å². The van der Waals surface area contributed by atoms with Crippen molar-refractivity contribution in [3.05, 3.63) is 0 Å². The van der Waals surface area contributed by atoms with Gasteiger partial charge in [0.2, 0.25) is 0 Å². The Kier molecular flexibility index (Phi) is 13.0. The second-order valence-corrected chi connectivity index (χ2v) is 4.08. The summed E-state index contributed by atoms with van der Waals surface area (Å²) in [7, 11) is 0. The third kappa shape index (κ3) is 16.4. The van der Waals surface area contributed by atoms with Gasteiger partial charge in [0.1, 0.15) is 0 Å². The number of nitriles is 1. The van der Waals surface area contributed by atoms with Crippen molar-refractivity contribution in [2.45, 2.75) is 52.2 Å². The normalized spacial score (nSPS) is 13.7. The van der Waals surface area contributed by atoms with E-state index in [2.05, 4.69) is 33.4 Å². The van der Waals surface area contributed by atoms with Gasteiger partial charge in [-0.1, -0.05) is 33.6 Å². The Morgan fingerprint density at radius 1 is 1.42 bits per heavy atom. The van der Waals surface area contributed by atoms with Crippen LogP contribution in [0.2, 0.25) is 0 Å². The molecule has 2 unspecified atom stereocenters. The minimum Gasteiger partial charge on any atom is -0.199 e. The van der Waals surface area contributed by atoms with E-state index >= 15 is 0 Å². The van der Waals surface area contributed by atoms with E-state index in [1.807, 2.05) is 0 Å². The zero-order chi connectivity index (χ0) is 9.98. The zero-order valence-corrected chi connectivity index (χ0v) is 9.56. The fraction of sp³-hybridized carbons (Fsp3) is 0.900. The summed E-state index contributed by atoms with van der Waals surface area (Å²) in [6, 6.07) is 1.75. The molecule has 0 saturated heterocycles. The van der Waals surface area contributed by atoms with Gasteiger partial charge in [0, 0.05) is 6.92 Å². The van der Waals surface area contributed by atoms with Crippen LogP contribution in [-0.2, 0) is 0 Å². The molecule has 0 rings (SSSR count). The Labute approximate surface area is 82.6 Å². The molecule has 2 atom stereocenters. The van der Waals surface area contributed by atoms with Crippen molar-refractivity contribution in [1.82, 2.24) is 0 Å². The molecule has 1 nitrogen and oxygen atoms in total. The lowest BCUT2D eigenvalue weighted by atomic mass is 10.0. The summed E-state index contributed by atoms with van der Waals surface area (Å²) in [5, 5.41) is 7.89. The van der Waals surface area contributed by atoms with Gasteiger partial charge in [0.25, 0.3) is 0 Å². The first-order chi connectivity index (χ1) is 5.58. The molecule has 0 aliphatic heterocycles. The summed E-state index contributed by atoms with van der Waals surface area (Å²) in [5.74, 6) is 0.863. The monoisotopic (exact) mass is 187 g/mol. The molecule has 0 radical (unpaired) electrons. The molecule has 0 saturated carbocycles. The predicted molar refractivity (Wildman–Crippen MR) is 58.4 cm³/mol. The van der Waals surface area contributed by atoms with E-state index in [1.54, 1.807) is 6.07 Å². The minimum absolute atomic E-state index is 0.576. The Balaban J connectivity index is 0. The fourth-order valence-corrected chi connectivity index (χ4v) is 1.55. The molecule has 0 bridgehead atoms. The Morgan fingerprint density at radius 3 is 2.08 bits per heavy atom. The smallest absolute Gasteiger partial charge is 0.0587 e. The molecule has 2 heteroatoms. The third-order valence-corrected chi connectivity index (χ3v) is 1.74. The molecule has 0 aromatic rings. The molecule has 72 valence electrons. The zero-order valence-electron chi connectivity index (χ0n) is 8.67. The standard InChI is InChI=1S/C8H18S.C2H3N/c1-4-5-7(2)6-8(3)9;1-2-3/h7-9H,4-6H2,1-3H3;1H3. The first kappa shape index (κ1) is 14.4. The van der Waals surface area contributed by atoms with Gasteiger partial charge in [0.05, 0.1) is 6.07 Å². The highest BCUT2D eigenvalue weighted by Gasteiger charge is 2.02. The van der Waals surface area contributed by atoms with Crippen LogP contribution in [0.15, 0.2) is 0 Å². The fourth-order valence-electron chi connectivity index (χ4n) is 1.19. The largest absolute Gasteiger partial charge is 0.199 e. The predicted octanol–water partition coefficient (Wildman–Crippen LogP) is 3.66. The van der Waals surface area contributed by atoms with Gasteiger partial charge < -0.3 is 0 Å². The molecule has 0 aromatic heterocycles. The average Bonchev–Trinajstić information content (AvgIpc) is 1.87. The lowest BCUT2D eigenvalue weighted by Gasteiger charge is -2.10. The van der Waals surface area contributed by atoms with Gasteiger partial charge in [-0.15, -0.1) is 0 Å². The second-order valence-electron chi connectivity index (χ2n) is 3.20. The van der Waals surface area contributed by atoms with E-state index < -0.39 is 0 Å². The second kappa shape index (κ2) is 10.8. The first-order valence-electron chi connectivity index (χ1n) is 4.57. The highest BCUT2D eigenvalue weighted by Crippen LogP contribution is 2.14. The summed E-state index contributed by atoms with van der Waals surface area (Å²) in [6.45, 7) is 8.13. The van der Waals surface area contributed by atoms with Crippen molar-refractivity contribution in [3.63, 3.8) is 0 Å². The summed E-state index contributed by atoms with van der Waals surface area (Å²) in [6.07, 6.45) is 3.92. The van der Waals surface area contributed by atoms with Crippen LogP contribution in [0.1, 0.15) is 47.0 Å². The maximum Gasteiger partial charge on any atom is 0.0587 e. The number of rotatable bonds is 4. The molecule has 0 fully saturated rings. The third-order valence-electron chi connectivity index (χ3n) is 1.52. The summed E-state index contributed by atoms with van der Waals surface area (Å²) in [5.41, 5.74) is 0. The molecular formula is C10H21NS. The van der Waals surface area contributed by atoms with E-state index in [9.17, 15) is 0 Å². The first-order valence-corrected chi connectivity index (χ1v) is 5.08. The van der Waals surface area contributed by atoms with Crippen molar-refractivity contribution in [3.8, 4) is 6.07 Å². The van der Waals surface area contributed by atoms with Crippen molar-refractivity contribution >= 4 is 12.6 Å². The summed E-state index contributed by atoms with van der Waals surface area (Å²) < 4.78 is 0. The van der Waals surface area contributed by atoms with Crippen LogP contribution in [-0.4, -0.2) is 5.25 Å². The quantitative estimate of drug-likeness (QED) is 0.667. The van der Waals surface area contributed by atoms with Crippen LogP contribution in [0.5, 0.6) is 0 Å². The maximum atomic E-state index is 7.32. The summed E-state index contributed by atoms with van der Waals surface area (Å²) >= 11 is 4.33. The lowest BCUT2D eigenvalue weighted by Crippen LogP contribution is -2.01. The number of thiol groups is 1. The van der Waals surface area contributed by atoms with Gasteiger partial charge in [-0.2, -0.15) is 17.9 Å². The van der Waals surface area contributed by atoms with E-state index in [4.69, 9.17) is 5.26 Å². The highest BCUT2D eigenvalue weighted by atomic mass is 32.1. The molecule has 0 aromatic carbocycles. The molecule has 0 heterocycles. The van der Waals surface area contributed by atoms with Gasteiger partial charge in [-0.05, 0) is 17.6 Å². The highest BCUT2D eigenvalue weighted by molar-refractivity contribution is 7.80. The van der Waals surface area contributed by atoms with Crippen molar-refractivity contribution in [1.29, 1.82) is 5.26 Å². The van der Waals surface area contributed by atoms with Gasteiger partial charge in [-0.3, -0.25) is 0 Å². The molecule has 0 amide bonds. The minimum atomic E-state index is 0.576. The Morgan fingerprint density at radius 2 is 1.83 bits per heavy atom. The Hall–Kier alpha value is -0.160. The van der Waals surface area contributed by atoms with Gasteiger partial charge in [-0.25, -0.2) is 0 Å². The van der Waals surface area contributed by atoms with Crippen molar-refractivity contribution in [2.24, 2.45) is 5.92 Å².